The number of piperidine rings is 1. The summed E-state index contributed by atoms with van der Waals surface area (Å²) in [5, 5.41) is 3.09. The van der Waals surface area contributed by atoms with Crippen molar-refractivity contribution in [3.05, 3.63) is 59.2 Å². The summed E-state index contributed by atoms with van der Waals surface area (Å²) in [6.45, 7) is 13.5. The van der Waals surface area contributed by atoms with E-state index in [1.54, 1.807) is 6.07 Å². The largest absolute Gasteiger partial charge is 0.326 e. The van der Waals surface area contributed by atoms with Gasteiger partial charge >= 0.3 is 0 Å². The number of aryl methyl sites for hydroxylation is 2. The molecule has 0 unspecified atom stereocenters. The zero-order valence-electron chi connectivity index (χ0n) is 22.7. The van der Waals surface area contributed by atoms with Gasteiger partial charge in [0.2, 0.25) is 5.95 Å². The Bertz CT molecular complexity index is 1460. The van der Waals surface area contributed by atoms with Crippen molar-refractivity contribution in [2.75, 3.05) is 25.0 Å². The molecule has 0 radical (unpaired) electrons. The highest BCUT2D eigenvalue weighted by molar-refractivity contribution is 5.83. The van der Waals surface area contributed by atoms with Crippen LogP contribution in [0.2, 0.25) is 0 Å². The van der Waals surface area contributed by atoms with Crippen LogP contribution in [-0.4, -0.2) is 49.0 Å². The molecule has 4 aromatic rings. The summed E-state index contributed by atoms with van der Waals surface area (Å²) >= 11 is 0. The van der Waals surface area contributed by atoms with Gasteiger partial charge in [-0.3, -0.25) is 0 Å². The lowest BCUT2D eigenvalue weighted by Crippen LogP contribution is -2.34. The molecule has 7 nitrogen and oxygen atoms in total. The number of nitrogens with one attached hydrogen (secondary N) is 1. The first kappa shape index (κ1) is 26.2. The van der Waals surface area contributed by atoms with Gasteiger partial charge in [-0.15, -0.1) is 0 Å². The van der Waals surface area contributed by atoms with Crippen LogP contribution in [0.15, 0.2) is 30.5 Å². The topological polar surface area (TPSA) is 71.8 Å². The van der Waals surface area contributed by atoms with Crippen molar-refractivity contribution in [2.24, 2.45) is 5.92 Å². The first-order chi connectivity index (χ1) is 18.2. The van der Waals surface area contributed by atoms with Crippen LogP contribution >= 0.6 is 0 Å². The average molecular weight is 520 g/mol. The number of hydrogen-bond acceptors (Lipinski definition) is 6. The molecule has 38 heavy (non-hydrogen) atoms. The zero-order chi connectivity index (χ0) is 27.0. The van der Waals surface area contributed by atoms with Gasteiger partial charge in [0.1, 0.15) is 22.9 Å². The van der Waals surface area contributed by atoms with Crippen LogP contribution < -0.4 is 5.32 Å². The molecule has 1 N–H and O–H groups in total. The Hall–Kier alpha value is -3.46. The summed E-state index contributed by atoms with van der Waals surface area (Å²) in [6, 6.07) is 7.08. The van der Waals surface area contributed by atoms with Crippen LogP contribution in [0.4, 0.5) is 20.5 Å². The van der Waals surface area contributed by atoms with Gasteiger partial charge in [-0.25, -0.2) is 28.7 Å². The van der Waals surface area contributed by atoms with Crippen LogP contribution in [0.3, 0.4) is 0 Å². The number of pyridine rings is 1. The van der Waals surface area contributed by atoms with Crippen LogP contribution in [0.25, 0.3) is 22.3 Å². The maximum Gasteiger partial charge on any atom is 0.229 e. The summed E-state index contributed by atoms with van der Waals surface area (Å²) in [4.78, 5) is 20.1. The third kappa shape index (κ3) is 5.25. The fraction of sp³-hybridized carbons (Fsp3) is 0.448. The number of fused-ring (bicyclic) bond motifs is 1. The third-order valence-corrected chi connectivity index (χ3v) is 7.56. The molecule has 200 valence electrons. The van der Waals surface area contributed by atoms with Gasteiger partial charge in [-0.2, -0.15) is 0 Å². The van der Waals surface area contributed by atoms with Crippen molar-refractivity contribution in [2.45, 2.75) is 59.9 Å². The maximum absolute atomic E-state index is 15.0. The van der Waals surface area contributed by atoms with E-state index < -0.39 is 11.6 Å². The van der Waals surface area contributed by atoms with E-state index in [1.807, 2.05) is 38.3 Å². The van der Waals surface area contributed by atoms with Crippen molar-refractivity contribution >= 4 is 22.8 Å². The van der Waals surface area contributed by atoms with E-state index >= 15 is 0 Å². The second-order valence-electron chi connectivity index (χ2n) is 10.5. The van der Waals surface area contributed by atoms with Gasteiger partial charge in [-0.1, -0.05) is 13.0 Å². The first-order valence-electron chi connectivity index (χ1n) is 13.4. The summed E-state index contributed by atoms with van der Waals surface area (Å²) in [5.41, 5.74) is 3.42. The number of halogens is 2. The lowest BCUT2D eigenvalue weighted by atomic mass is 9.90. The third-order valence-electron chi connectivity index (χ3n) is 7.56. The predicted molar refractivity (Wildman–Crippen MR) is 147 cm³/mol. The minimum Gasteiger partial charge on any atom is -0.326 e. The number of aromatic nitrogens is 5. The van der Waals surface area contributed by atoms with Crippen molar-refractivity contribution < 1.29 is 8.78 Å². The first-order valence-corrected chi connectivity index (χ1v) is 13.4. The lowest BCUT2D eigenvalue weighted by molar-refractivity contribution is 0.192. The number of imidazole rings is 1. The summed E-state index contributed by atoms with van der Waals surface area (Å²) in [6.07, 6.45) is 4.54. The SMILES string of the molecule is CCN1CCC(Cc2ccc(Nc3ncc(F)c(-c4cc(F)c5nc(C)n(C(C)C)c5c4)n3)nc2C)CC1. The summed E-state index contributed by atoms with van der Waals surface area (Å²) in [7, 11) is 0. The van der Waals surface area contributed by atoms with Crippen molar-refractivity contribution in [1.29, 1.82) is 0 Å². The van der Waals surface area contributed by atoms with E-state index in [0.717, 1.165) is 37.9 Å². The molecular weight excluding hydrogens is 484 g/mol. The molecule has 1 aromatic carbocycles. The lowest BCUT2D eigenvalue weighted by Gasteiger charge is -2.31. The summed E-state index contributed by atoms with van der Waals surface area (Å²) in [5.74, 6) is 1.01. The van der Waals surface area contributed by atoms with Gasteiger partial charge in [0.25, 0.3) is 0 Å². The Morgan fingerprint density at radius 3 is 2.47 bits per heavy atom. The molecule has 1 saturated heterocycles. The Labute approximate surface area is 222 Å². The van der Waals surface area contributed by atoms with E-state index in [9.17, 15) is 8.78 Å². The molecule has 0 saturated carbocycles. The fourth-order valence-electron chi connectivity index (χ4n) is 5.49. The second kappa shape index (κ2) is 10.7. The smallest absolute Gasteiger partial charge is 0.229 e. The van der Waals surface area contributed by atoms with Crippen molar-refractivity contribution in [3.8, 4) is 11.3 Å². The Balaban J connectivity index is 1.38. The predicted octanol–water partition coefficient (Wildman–Crippen LogP) is 6.38. The number of hydrogen-bond donors (Lipinski definition) is 1. The Morgan fingerprint density at radius 1 is 1.03 bits per heavy atom. The number of likely N-dealkylation sites (tertiary alicyclic amines) is 1. The Morgan fingerprint density at radius 2 is 1.79 bits per heavy atom. The molecule has 0 spiro atoms. The number of rotatable bonds is 7. The van der Waals surface area contributed by atoms with E-state index in [4.69, 9.17) is 4.98 Å². The maximum atomic E-state index is 15.0. The van der Waals surface area contributed by atoms with Crippen molar-refractivity contribution in [1.82, 2.24) is 29.4 Å². The molecule has 1 aliphatic heterocycles. The zero-order valence-corrected chi connectivity index (χ0v) is 22.7. The normalized spacial score (nSPS) is 15.1. The van der Waals surface area contributed by atoms with Gasteiger partial charge in [0, 0.05) is 17.3 Å². The number of anilines is 2. The standard InChI is InChI=1S/C29H35F2N7/c1-6-37-11-9-20(10-12-37)13-21-7-8-26(33-18(21)4)35-29-32-16-24(31)27(36-29)22-14-23(30)28-25(15-22)38(17(2)3)19(5)34-28/h7-8,14-17,20H,6,9-13H2,1-5H3,(H,32,33,35,36). The van der Waals surface area contributed by atoms with E-state index in [1.165, 1.54) is 24.5 Å². The summed E-state index contributed by atoms with van der Waals surface area (Å²) < 4.78 is 31.8. The number of benzene rings is 1. The monoisotopic (exact) mass is 519 g/mol. The van der Waals surface area contributed by atoms with Crippen LogP contribution in [0.1, 0.15) is 56.7 Å². The van der Waals surface area contributed by atoms with E-state index in [-0.39, 0.29) is 23.2 Å². The molecule has 0 bridgehead atoms. The molecule has 1 fully saturated rings. The highest BCUT2D eigenvalue weighted by Gasteiger charge is 2.20. The number of nitrogens with zero attached hydrogens (tertiary/aromatic N) is 6. The minimum absolute atomic E-state index is 0.0178. The fourth-order valence-corrected chi connectivity index (χ4v) is 5.49. The highest BCUT2D eigenvalue weighted by atomic mass is 19.1. The molecule has 4 heterocycles. The second-order valence-corrected chi connectivity index (χ2v) is 10.5. The molecule has 3 aromatic heterocycles. The Kier molecular flexibility index (Phi) is 7.38. The molecule has 1 aliphatic rings. The molecule has 0 amide bonds. The molecular formula is C29H35F2N7. The van der Waals surface area contributed by atoms with Gasteiger partial charge < -0.3 is 14.8 Å². The molecule has 9 heteroatoms. The quantitative estimate of drug-likeness (QED) is 0.305. The van der Waals surface area contributed by atoms with E-state index in [0.29, 0.717) is 28.6 Å². The van der Waals surface area contributed by atoms with Gasteiger partial charge in [0.15, 0.2) is 11.6 Å². The average Bonchev–Trinajstić information content (AvgIpc) is 3.24. The molecule has 5 rings (SSSR count). The van der Waals surface area contributed by atoms with Crippen LogP contribution in [0.5, 0.6) is 0 Å². The van der Waals surface area contributed by atoms with Crippen molar-refractivity contribution in [3.63, 3.8) is 0 Å². The molecule has 0 aliphatic carbocycles. The minimum atomic E-state index is -0.629. The van der Waals surface area contributed by atoms with Crippen LogP contribution in [-0.2, 0) is 6.42 Å². The van der Waals surface area contributed by atoms with Gasteiger partial charge in [0.05, 0.1) is 11.7 Å². The highest BCUT2D eigenvalue weighted by Crippen LogP contribution is 2.31. The van der Waals surface area contributed by atoms with Crippen LogP contribution in [0, 0.1) is 31.4 Å². The van der Waals surface area contributed by atoms with Gasteiger partial charge in [-0.05, 0) is 96.3 Å². The van der Waals surface area contributed by atoms with E-state index in [2.05, 4.69) is 38.2 Å². The molecule has 0 atom stereocenters.